The predicted octanol–water partition coefficient (Wildman–Crippen LogP) is 3.12. The standard InChI is InChI=1S/C20H25FN2O3S/c1-27(25,26)23(19-13-6-5-12-18(19)21)16-8-14-20(24)22-15-7-11-17-9-3-2-4-10-17/h2-6,9-10,12-13H,7-8,11,14-16H2,1H3,(H,22,24). The molecule has 0 heterocycles. The number of carbonyl (C=O) groups is 1. The number of para-hydroxylation sites is 1. The van der Waals surface area contributed by atoms with E-state index in [1.54, 1.807) is 6.07 Å². The van der Waals surface area contributed by atoms with Crippen molar-refractivity contribution in [2.24, 2.45) is 0 Å². The molecule has 0 fully saturated rings. The largest absolute Gasteiger partial charge is 0.356 e. The Morgan fingerprint density at radius 3 is 2.37 bits per heavy atom. The molecular formula is C20H25FN2O3S. The predicted molar refractivity (Wildman–Crippen MR) is 106 cm³/mol. The van der Waals surface area contributed by atoms with E-state index in [4.69, 9.17) is 0 Å². The van der Waals surface area contributed by atoms with E-state index in [9.17, 15) is 17.6 Å². The Bertz CT molecular complexity index is 841. The van der Waals surface area contributed by atoms with E-state index in [-0.39, 0.29) is 24.6 Å². The highest BCUT2D eigenvalue weighted by molar-refractivity contribution is 7.92. The molecule has 5 nitrogen and oxygen atoms in total. The molecule has 1 amide bonds. The number of hydrogen-bond donors (Lipinski definition) is 1. The Kier molecular flexibility index (Phi) is 7.79. The second-order valence-corrected chi connectivity index (χ2v) is 8.24. The van der Waals surface area contributed by atoms with Crippen molar-refractivity contribution in [2.45, 2.75) is 25.7 Å². The molecule has 0 spiro atoms. The zero-order valence-corrected chi connectivity index (χ0v) is 16.2. The molecule has 0 aliphatic carbocycles. The van der Waals surface area contributed by atoms with E-state index in [0.29, 0.717) is 13.0 Å². The minimum Gasteiger partial charge on any atom is -0.356 e. The van der Waals surface area contributed by atoms with Crippen LogP contribution in [0.5, 0.6) is 0 Å². The van der Waals surface area contributed by atoms with Crippen LogP contribution in [-0.4, -0.2) is 33.7 Å². The van der Waals surface area contributed by atoms with Crippen LogP contribution in [0.25, 0.3) is 0 Å². The van der Waals surface area contributed by atoms with Crippen molar-refractivity contribution in [1.82, 2.24) is 5.32 Å². The second-order valence-electron chi connectivity index (χ2n) is 6.33. The maximum Gasteiger partial charge on any atom is 0.232 e. The van der Waals surface area contributed by atoms with Crippen LogP contribution in [0.2, 0.25) is 0 Å². The number of sulfonamides is 1. The van der Waals surface area contributed by atoms with Gasteiger partial charge in [-0.05, 0) is 37.0 Å². The third kappa shape index (κ3) is 7.02. The first-order chi connectivity index (χ1) is 12.9. The summed E-state index contributed by atoms with van der Waals surface area (Å²) in [6.07, 6.45) is 3.25. The van der Waals surface area contributed by atoms with Gasteiger partial charge in [0.2, 0.25) is 15.9 Å². The number of carbonyl (C=O) groups excluding carboxylic acids is 1. The van der Waals surface area contributed by atoms with Gasteiger partial charge in [-0.1, -0.05) is 42.5 Å². The van der Waals surface area contributed by atoms with Crippen LogP contribution in [0.4, 0.5) is 10.1 Å². The number of hydrogen-bond acceptors (Lipinski definition) is 3. The highest BCUT2D eigenvalue weighted by Crippen LogP contribution is 2.21. The molecule has 0 radical (unpaired) electrons. The van der Waals surface area contributed by atoms with Crippen LogP contribution in [0.15, 0.2) is 54.6 Å². The molecule has 2 aromatic rings. The first kappa shape index (κ1) is 20.9. The lowest BCUT2D eigenvalue weighted by Crippen LogP contribution is -2.33. The van der Waals surface area contributed by atoms with Crippen molar-refractivity contribution in [3.8, 4) is 0 Å². The van der Waals surface area contributed by atoms with Crippen molar-refractivity contribution in [1.29, 1.82) is 0 Å². The summed E-state index contributed by atoms with van der Waals surface area (Å²) in [4.78, 5) is 11.9. The number of rotatable bonds is 10. The molecule has 0 aliphatic rings. The topological polar surface area (TPSA) is 66.5 Å². The molecule has 0 aromatic heterocycles. The molecule has 2 aromatic carbocycles. The number of halogens is 1. The lowest BCUT2D eigenvalue weighted by molar-refractivity contribution is -0.121. The van der Waals surface area contributed by atoms with Gasteiger partial charge in [0.15, 0.2) is 0 Å². The highest BCUT2D eigenvalue weighted by atomic mass is 32.2. The lowest BCUT2D eigenvalue weighted by Gasteiger charge is -2.22. The minimum absolute atomic E-state index is 0.00303. The molecular weight excluding hydrogens is 367 g/mol. The third-order valence-corrected chi connectivity index (χ3v) is 5.27. The first-order valence-electron chi connectivity index (χ1n) is 8.91. The SMILES string of the molecule is CS(=O)(=O)N(CCCC(=O)NCCCc1ccccc1)c1ccccc1F. The molecule has 0 atom stereocenters. The van der Waals surface area contributed by atoms with Crippen LogP contribution in [-0.2, 0) is 21.2 Å². The summed E-state index contributed by atoms with van der Waals surface area (Å²) in [7, 11) is -3.63. The van der Waals surface area contributed by atoms with E-state index >= 15 is 0 Å². The molecule has 27 heavy (non-hydrogen) atoms. The number of benzene rings is 2. The second kappa shape index (κ2) is 10.1. The summed E-state index contributed by atoms with van der Waals surface area (Å²) in [5, 5.41) is 2.84. The monoisotopic (exact) mass is 392 g/mol. The van der Waals surface area contributed by atoms with Crippen molar-refractivity contribution in [3.05, 3.63) is 66.0 Å². The van der Waals surface area contributed by atoms with Crippen molar-refractivity contribution in [3.63, 3.8) is 0 Å². The van der Waals surface area contributed by atoms with Gasteiger partial charge in [-0.2, -0.15) is 0 Å². The van der Waals surface area contributed by atoms with Gasteiger partial charge in [0.1, 0.15) is 5.82 Å². The van der Waals surface area contributed by atoms with Gasteiger partial charge >= 0.3 is 0 Å². The van der Waals surface area contributed by atoms with Crippen molar-refractivity contribution >= 4 is 21.6 Å². The summed E-state index contributed by atoms with van der Waals surface area (Å²) in [6.45, 7) is 0.619. The summed E-state index contributed by atoms with van der Waals surface area (Å²) >= 11 is 0. The average Bonchev–Trinajstić information content (AvgIpc) is 2.63. The Balaban J connectivity index is 1.76. The van der Waals surface area contributed by atoms with E-state index in [2.05, 4.69) is 5.32 Å². The number of nitrogens with zero attached hydrogens (tertiary/aromatic N) is 1. The summed E-state index contributed by atoms with van der Waals surface area (Å²) < 4.78 is 38.8. The number of anilines is 1. The fourth-order valence-electron chi connectivity index (χ4n) is 2.76. The molecule has 146 valence electrons. The van der Waals surface area contributed by atoms with Gasteiger partial charge in [-0.25, -0.2) is 12.8 Å². The smallest absolute Gasteiger partial charge is 0.232 e. The zero-order valence-electron chi connectivity index (χ0n) is 15.4. The molecule has 2 rings (SSSR count). The highest BCUT2D eigenvalue weighted by Gasteiger charge is 2.20. The molecule has 0 saturated carbocycles. The fourth-order valence-corrected chi connectivity index (χ4v) is 3.72. The van der Waals surface area contributed by atoms with Crippen molar-refractivity contribution < 1.29 is 17.6 Å². The molecule has 0 saturated heterocycles. The number of nitrogens with one attached hydrogen (secondary N) is 1. The molecule has 7 heteroatoms. The molecule has 0 bridgehead atoms. The van der Waals surface area contributed by atoms with E-state index < -0.39 is 15.8 Å². The van der Waals surface area contributed by atoms with Gasteiger partial charge < -0.3 is 5.32 Å². The minimum atomic E-state index is -3.63. The van der Waals surface area contributed by atoms with Crippen LogP contribution >= 0.6 is 0 Å². The molecule has 0 unspecified atom stereocenters. The maximum absolute atomic E-state index is 13.9. The Morgan fingerprint density at radius 2 is 1.70 bits per heavy atom. The Labute approximate surface area is 160 Å². The zero-order chi connectivity index (χ0) is 19.7. The lowest BCUT2D eigenvalue weighted by atomic mass is 10.1. The van der Waals surface area contributed by atoms with E-state index in [1.807, 2.05) is 30.3 Å². The third-order valence-electron chi connectivity index (χ3n) is 4.09. The van der Waals surface area contributed by atoms with Crippen LogP contribution in [0.3, 0.4) is 0 Å². The van der Waals surface area contributed by atoms with Crippen LogP contribution in [0, 0.1) is 5.82 Å². The van der Waals surface area contributed by atoms with Gasteiger partial charge in [0, 0.05) is 19.5 Å². The van der Waals surface area contributed by atoms with Crippen LogP contribution in [0.1, 0.15) is 24.8 Å². The van der Waals surface area contributed by atoms with E-state index in [0.717, 1.165) is 23.4 Å². The first-order valence-corrected chi connectivity index (χ1v) is 10.8. The quantitative estimate of drug-likeness (QED) is 0.632. The van der Waals surface area contributed by atoms with Gasteiger partial charge in [-0.15, -0.1) is 0 Å². The summed E-state index contributed by atoms with van der Waals surface area (Å²) in [5.41, 5.74) is 1.23. The summed E-state index contributed by atoms with van der Waals surface area (Å²) in [5.74, 6) is -0.738. The number of aryl methyl sites for hydroxylation is 1. The fraction of sp³-hybridized carbons (Fsp3) is 0.350. The normalized spacial score (nSPS) is 11.2. The van der Waals surface area contributed by atoms with E-state index in [1.165, 1.54) is 23.8 Å². The Morgan fingerprint density at radius 1 is 1.04 bits per heavy atom. The number of amides is 1. The summed E-state index contributed by atoms with van der Waals surface area (Å²) in [6, 6.07) is 15.7. The van der Waals surface area contributed by atoms with Gasteiger partial charge in [0.25, 0.3) is 0 Å². The molecule has 1 N–H and O–H groups in total. The average molecular weight is 392 g/mol. The maximum atomic E-state index is 13.9. The van der Waals surface area contributed by atoms with Crippen molar-refractivity contribution in [2.75, 3.05) is 23.7 Å². The Hall–Kier alpha value is -2.41. The van der Waals surface area contributed by atoms with Gasteiger partial charge in [0.05, 0.1) is 11.9 Å². The molecule has 0 aliphatic heterocycles. The van der Waals surface area contributed by atoms with Crippen LogP contribution < -0.4 is 9.62 Å². The van der Waals surface area contributed by atoms with Gasteiger partial charge in [-0.3, -0.25) is 9.10 Å².